The summed E-state index contributed by atoms with van der Waals surface area (Å²) in [7, 11) is -5.79. The summed E-state index contributed by atoms with van der Waals surface area (Å²) in [6.07, 6.45) is 7.71. The van der Waals surface area contributed by atoms with Gasteiger partial charge in [0.15, 0.2) is 5.75 Å². The van der Waals surface area contributed by atoms with Gasteiger partial charge >= 0.3 is 15.6 Å². The Labute approximate surface area is 152 Å². The van der Waals surface area contributed by atoms with Crippen molar-refractivity contribution in [1.82, 2.24) is 0 Å². The van der Waals surface area contributed by atoms with Crippen molar-refractivity contribution < 1.29 is 25.8 Å². The molecule has 0 amide bonds. The number of nitriles is 1. The zero-order valence-corrected chi connectivity index (χ0v) is 15.4. The number of hydrogen-bond acceptors (Lipinski definition) is 4. The van der Waals surface area contributed by atoms with Crippen LogP contribution in [0.5, 0.6) is 5.75 Å². The SMILES string of the molecule is CCCCC1CCC(c2ccc(OS(=O)(=O)C(F)(F)F)c(C#N)c2)CC1. The van der Waals surface area contributed by atoms with Crippen LogP contribution in [0.3, 0.4) is 0 Å². The van der Waals surface area contributed by atoms with Crippen LogP contribution >= 0.6 is 0 Å². The maximum Gasteiger partial charge on any atom is 0.534 e. The molecule has 0 N–H and O–H groups in total. The van der Waals surface area contributed by atoms with E-state index in [0.29, 0.717) is 5.92 Å². The fourth-order valence-electron chi connectivity index (χ4n) is 3.40. The Bertz CT molecular complexity index is 761. The summed E-state index contributed by atoms with van der Waals surface area (Å²) in [5.41, 5.74) is -4.90. The van der Waals surface area contributed by atoms with Gasteiger partial charge < -0.3 is 4.18 Å². The molecule has 4 nitrogen and oxygen atoms in total. The van der Waals surface area contributed by atoms with Crippen molar-refractivity contribution in [3.63, 3.8) is 0 Å². The van der Waals surface area contributed by atoms with E-state index in [1.807, 2.05) is 0 Å². The molecule has 144 valence electrons. The van der Waals surface area contributed by atoms with Crippen molar-refractivity contribution in [3.05, 3.63) is 29.3 Å². The van der Waals surface area contributed by atoms with Crippen molar-refractivity contribution in [2.75, 3.05) is 0 Å². The van der Waals surface area contributed by atoms with Gasteiger partial charge in [-0.05, 0) is 55.2 Å². The molecule has 1 aromatic rings. The van der Waals surface area contributed by atoms with Gasteiger partial charge in [0.2, 0.25) is 0 Å². The molecule has 0 bridgehead atoms. The highest BCUT2D eigenvalue weighted by Crippen LogP contribution is 2.39. The Morgan fingerprint density at radius 1 is 1.23 bits per heavy atom. The van der Waals surface area contributed by atoms with Crippen molar-refractivity contribution in [2.45, 2.75) is 63.3 Å². The minimum atomic E-state index is -5.79. The molecule has 0 heterocycles. The quantitative estimate of drug-likeness (QED) is 0.492. The summed E-state index contributed by atoms with van der Waals surface area (Å²) < 4.78 is 63.8. The van der Waals surface area contributed by atoms with E-state index >= 15 is 0 Å². The van der Waals surface area contributed by atoms with Gasteiger partial charge in [0.1, 0.15) is 6.07 Å². The average molecular weight is 389 g/mol. The van der Waals surface area contributed by atoms with E-state index in [2.05, 4.69) is 11.1 Å². The van der Waals surface area contributed by atoms with Gasteiger partial charge in [0, 0.05) is 0 Å². The molecule has 0 radical (unpaired) electrons. The van der Waals surface area contributed by atoms with Crippen molar-refractivity contribution in [3.8, 4) is 11.8 Å². The molecule has 1 saturated carbocycles. The minimum absolute atomic E-state index is 0.205. The Morgan fingerprint density at radius 2 is 1.88 bits per heavy atom. The summed E-state index contributed by atoms with van der Waals surface area (Å²) in [4.78, 5) is 0. The highest BCUT2D eigenvalue weighted by Gasteiger charge is 2.48. The van der Waals surface area contributed by atoms with Crippen molar-refractivity contribution in [1.29, 1.82) is 5.26 Å². The average Bonchev–Trinajstić information content (AvgIpc) is 2.59. The fraction of sp³-hybridized carbons (Fsp3) is 0.611. The molecule has 1 fully saturated rings. The van der Waals surface area contributed by atoms with Crippen LogP contribution in [-0.4, -0.2) is 13.9 Å². The van der Waals surface area contributed by atoms with E-state index in [1.165, 1.54) is 25.3 Å². The molecule has 8 heteroatoms. The third kappa shape index (κ3) is 4.91. The maximum atomic E-state index is 12.5. The molecule has 1 aliphatic rings. The highest BCUT2D eigenvalue weighted by atomic mass is 32.2. The second-order valence-corrected chi connectivity index (χ2v) is 8.25. The molecule has 0 saturated heterocycles. The van der Waals surface area contributed by atoms with E-state index in [-0.39, 0.29) is 11.5 Å². The second kappa shape index (κ2) is 8.30. The third-order valence-corrected chi connectivity index (χ3v) is 5.86. The third-order valence-electron chi connectivity index (χ3n) is 4.89. The minimum Gasteiger partial charge on any atom is -0.375 e. The van der Waals surface area contributed by atoms with Crippen LogP contribution in [-0.2, 0) is 10.1 Å². The summed E-state index contributed by atoms with van der Waals surface area (Å²) >= 11 is 0. The zero-order valence-electron chi connectivity index (χ0n) is 14.6. The summed E-state index contributed by atoms with van der Waals surface area (Å²) in [6.45, 7) is 2.16. The van der Waals surface area contributed by atoms with Gasteiger partial charge in [-0.1, -0.05) is 32.3 Å². The van der Waals surface area contributed by atoms with Crippen LogP contribution in [0.1, 0.15) is 68.9 Å². The molecular formula is C18H22F3NO3S. The zero-order chi connectivity index (χ0) is 19.4. The molecule has 0 aromatic heterocycles. The molecule has 1 aromatic carbocycles. The number of unbranched alkanes of at least 4 members (excludes halogenated alkanes) is 1. The monoisotopic (exact) mass is 389 g/mol. The van der Waals surface area contributed by atoms with Crippen LogP contribution in [0.25, 0.3) is 0 Å². The lowest BCUT2D eigenvalue weighted by molar-refractivity contribution is -0.0500. The first-order valence-corrected chi connectivity index (χ1v) is 10.1. The fourth-order valence-corrected chi connectivity index (χ4v) is 3.88. The number of halogens is 3. The number of nitrogens with zero attached hydrogens (tertiary/aromatic N) is 1. The Hall–Kier alpha value is -1.75. The summed E-state index contributed by atoms with van der Waals surface area (Å²) in [5, 5.41) is 9.17. The predicted octanol–water partition coefficient (Wildman–Crippen LogP) is 5.25. The largest absolute Gasteiger partial charge is 0.534 e. The van der Waals surface area contributed by atoms with Crippen LogP contribution in [0.15, 0.2) is 18.2 Å². The smallest absolute Gasteiger partial charge is 0.375 e. The number of hydrogen-bond donors (Lipinski definition) is 0. The molecule has 2 rings (SSSR count). The number of rotatable bonds is 6. The lowest BCUT2D eigenvalue weighted by atomic mass is 9.77. The van der Waals surface area contributed by atoms with Crippen LogP contribution in [0.4, 0.5) is 13.2 Å². The molecule has 0 atom stereocenters. The van der Waals surface area contributed by atoms with Gasteiger partial charge in [-0.25, -0.2) is 0 Å². The first-order chi connectivity index (χ1) is 12.2. The summed E-state index contributed by atoms with van der Waals surface area (Å²) in [6, 6.07) is 5.87. The first kappa shape index (κ1) is 20.6. The van der Waals surface area contributed by atoms with Crippen LogP contribution in [0, 0.1) is 17.2 Å². The molecule has 26 heavy (non-hydrogen) atoms. The lowest BCUT2D eigenvalue weighted by Crippen LogP contribution is -2.28. The Morgan fingerprint density at radius 3 is 2.42 bits per heavy atom. The standard InChI is InChI=1S/C18H22F3NO3S/c1-2-3-4-13-5-7-14(8-6-13)15-9-10-17(16(11-15)12-22)25-26(23,24)18(19,20)21/h9-11,13-14H,2-8H2,1H3. The molecule has 1 aliphatic carbocycles. The Kier molecular flexibility index (Phi) is 6.56. The second-order valence-electron chi connectivity index (χ2n) is 6.71. The number of alkyl halides is 3. The normalized spacial score (nSPS) is 21.2. The van der Waals surface area contributed by atoms with E-state index in [9.17, 15) is 26.9 Å². The van der Waals surface area contributed by atoms with Gasteiger partial charge in [-0.2, -0.15) is 26.9 Å². The number of benzene rings is 1. The topological polar surface area (TPSA) is 67.2 Å². The highest BCUT2D eigenvalue weighted by molar-refractivity contribution is 7.88. The van der Waals surface area contributed by atoms with Gasteiger partial charge in [0.05, 0.1) is 5.56 Å². The summed E-state index contributed by atoms with van der Waals surface area (Å²) in [5.74, 6) is 0.347. The van der Waals surface area contributed by atoms with Crippen LogP contribution in [0.2, 0.25) is 0 Å². The van der Waals surface area contributed by atoms with E-state index in [0.717, 1.165) is 37.3 Å². The first-order valence-electron chi connectivity index (χ1n) is 8.72. The Balaban J connectivity index is 2.11. The lowest BCUT2D eigenvalue weighted by Gasteiger charge is -2.29. The van der Waals surface area contributed by atoms with E-state index in [1.54, 1.807) is 12.1 Å². The van der Waals surface area contributed by atoms with Crippen molar-refractivity contribution >= 4 is 10.1 Å². The van der Waals surface area contributed by atoms with Gasteiger partial charge in [-0.15, -0.1) is 0 Å². The van der Waals surface area contributed by atoms with Gasteiger partial charge in [0.25, 0.3) is 0 Å². The molecule has 0 aliphatic heterocycles. The van der Waals surface area contributed by atoms with E-state index < -0.39 is 21.4 Å². The van der Waals surface area contributed by atoms with Gasteiger partial charge in [-0.3, -0.25) is 0 Å². The van der Waals surface area contributed by atoms with Crippen molar-refractivity contribution in [2.24, 2.45) is 5.92 Å². The molecular weight excluding hydrogens is 367 g/mol. The molecule has 0 spiro atoms. The van der Waals surface area contributed by atoms with Crippen LogP contribution < -0.4 is 4.18 Å². The maximum absolute atomic E-state index is 12.5. The molecule has 0 unspecified atom stereocenters. The predicted molar refractivity (Wildman–Crippen MR) is 91.0 cm³/mol. The van der Waals surface area contributed by atoms with E-state index in [4.69, 9.17) is 0 Å².